The Kier molecular flexibility index (Phi) is 6.30. The molecule has 8 heteroatoms. The Morgan fingerprint density at radius 1 is 1.17 bits per heavy atom. The summed E-state index contributed by atoms with van der Waals surface area (Å²) < 4.78 is 16.1. The zero-order valence-corrected chi connectivity index (χ0v) is 17.1. The smallest absolute Gasteiger partial charge is 0.306 e. The lowest BCUT2D eigenvalue weighted by atomic mass is 10.1. The van der Waals surface area contributed by atoms with Crippen molar-refractivity contribution in [2.45, 2.75) is 32.5 Å². The van der Waals surface area contributed by atoms with Crippen LogP contribution < -0.4 is 4.74 Å². The Bertz CT molecular complexity index is 977. The number of rotatable bonds is 6. The first-order chi connectivity index (χ1) is 14.6. The van der Waals surface area contributed by atoms with Gasteiger partial charge >= 0.3 is 5.97 Å². The molecular weight excluding hydrogens is 408 g/mol. The lowest BCUT2D eigenvalue weighted by Gasteiger charge is -2.21. The van der Waals surface area contributed by atoms with Crippen molar-refractivity contribution in [3.63, 3.8) is 0 Å². The highest BCUT2D eigenvalue weighted by Crippen LogP contribution is 2.32. The number of esters is 1. The van der Waals surface area contributed by atoms with Crippen molar-refractivity contribution < 1.29 is 23.8 Å². The fourth-order valence-electron chi connectivity index (χ4n) is 3.40. The minimum Gasteiger partial charge on any atom is -0.467 e. The van der Waals surface area contributed by atoms with E-state index in [0.29, 0.717) is 35.9 Å². The fraction of sp³-hybridized carbons (Fsp3) is 0.318. The molecule has 2 aliphatic rings. The molecule has 30 heavy (non-hydrogen) atoms. The summed E-state index contributed by atoms with van der Waals surface area (Å²) in [5.41, 5.74) is 3.37. The third-order valence-electron chi connectivity index (χ3n) is 4.88. The van der Waals surface area contributed by atoms with Crippen LogP contribution in [-0.4, -0.2) is 35.9 Å². The number of ether oxygens (including phenoxy) is 3. The van der Waals surface area contributed by atoms with Crippen LogP contribution in [0, 0.1) is 0 Å². The van der Waals surface area contributed by atoms with E-state index in [9.17, 15) is 9.59 Å². The minimum atomic E-state index is -0.462. The van der Waals surface area contributed by atoms with Crippen molar-refractivity contribution >= 4 is 29.2 Å². The molecule has 0 saturated carbocycles. The van der Waals surface area contributed by atoms with Crippen LogP contribution in [0.4, 0.5) is 0 Å². The molecule has 0 bridgehead atoms. The number of hydrogen-bond donors (Lipinski definition) is 0. The molecule has 2 heterocycles. The van der Waals surface area contributed by atoms with Crippen LogP contribution in [0.5, 0.6) is 5.75 Å². The molecule has 4 rings (SSSR count). The summed E-state index contributed by atoms with van der Waals surface area (Å²) in [6, 6.07) is 13.2. The molecule has 2 aliphatic heterocycles. The van der Waals surface area contributed by atoms with Crippen molar-refractivity contribution in [3.8, 4) is 5.75 Å². The van der Waals surface area contributed by atoms with Gasteiger partial charge in [0.25, 0.3) is 0 Å². The molecule has 0 aromatic heterocycles. The maximum absolute atomic E-state index is 12.4. The van der Waals surface area contributed by atoms with E-state index in [1.807, 2.05) is 30.3 Å². The van der Waals surface area contributed by atoms with Crippen LogP contribution in [0.15, 0.2) is 47.6 Å². The number of hydrogen-bond acceptors (Lipinski definition) is 6. The van der Waals surface area contributed by atoms with E-state index < -0.39 is 5.97 Å². The summed E-state index contributed by atoms with van der Waals surface area (Å²) >= 11 is 6.11. The number of halogens is 1. The molecule has 0 unspecified atom stereocenters. The number of nitrogens with zero attached hydrogens (tertiary/aromatic N) is 2. The van der Waals surface area contributed by atoms with Gasteiger partial charge < -0.3 is 14.2 Å². The maximum atomic E-state index is 12.4. The second-order valence-electron chi connectivity index (χ2n) is 7.00. The number of hydrazone groups is 1. The number of carbonyl (C=O) groups is 2. The molecule has 0 saturated heterocycles. The van der Waals surface area contributed by atoms with Crippen molar-refractivity contribution in [3.05, 3.63) is 64.2 Å². The van der Waals surface area contributed by atoms with Crippen molar-refractivity contribution in [2.24, 2.45) is 5.10 Å². The molecule has 2 aromatic carbocycles. The van der Waals surface area contributed by atoms with Crippen molar-refractivity contribution in [1.29, 1.82) is 0 Å². The van der Waals surface area contributed by atoms with Gasteiger partial charge in [0.05, 0.1) is 25.3 Å². The van der Waals surface area contributed by atoms with Gasteiger partial charge in [-0.1, -0.05) is 41.9 Å². The Labute approximate surface area is 179 Å². The van der Waals surface area contributed by atoms with Gasteiger partial charge in [0.15, 0.2) is 6.79 Å². The Balaban J connectivity index is 1.28. The third kappa shape index (κ3) is 4.80. The van der Waals surface area contributed by atoms with E-state index in [4.69, 9.17) is 25.8 Å². The van der Waals surface area contributed by atoms with Crippen LogP contribution in [0.25, 0.3) is 0 Å². The molecule has 0 N–H and O–H groups in total. The standard InChI is InChI=1S/C22H21ClN2O5/c23-18-10-16-12-28-14-30-22(16)17(11-18)13-29-21(27)7-6-20(26)25-9-8-19(24-25)15-4-2-1-3-5-15/h1-5,10-11H,6-9,12-14H2. The second kappa shape index (κ2) is 9.28. The summed E-state index contributed by atoms with van der Waals surface area (Å²) in [5, 5.41) is 6.34. The normalized spacial score (nSPS) is 15.2. The van der Waals surface area contributed by atoms with E-state index in [-0.39, 0.29) is 32.1 Å². The second-order valence-corrected chi connectivity index (χ2v) is 7.44. The Hall–Kier alpha value is -2.90. The number of fused-ring (bicyclic) bond motifs is 1. The highest BCUT2D eigenvalue weighted by Gasteiger charge is 2.22. The van der Waals surface area contributed by atoms with E-state index in [0.717, 1.165) is 16.8 Å². The highest BCUT2D eigenvalue weighted by atomic mass is 35.5. The summed E-state index contributed by atoms with van der Waals surface area (Å²) in [4.78, 5) is 24.5. The minimum absolute atomic E-state index is 0.0156. The first-order valence-electron chi connectivity index (χ1n) is 9.71. The van der Waals surface area contributed by atoms with E-state index >= 15 is 0 Å². The molecule has 156 valence electrons. The van der Waals surface area contributed by atoms with Gasteiger partial charge in [-0.05, 0) is 17.7 Å². The zero-order valence-electron chi connectivity index (χ0n) is 16.3. The van der Waals surface area contributed by atoms with Gasteiger partial charge in [-0.2, -0.15) is 5.10 Å². The molecule has 0 spiro atoms. The largest absolute Gasteiger partial charge is 0.467 e. The van der Waals surface area contributed by atoms with Crippen LogP contribution in [0.2, 0.25) is 5.02 Å². The average Bonchev–Trinajstić information content (AvgIpc) is 3.27. The fourth-order valence-corrected chi connectivity index (χ4v) is 3.67. The molecule has 0 aliphatic carbocycles. The molecule has 0 atom stereocenters. The first-order valence-corrected chi connectivity index (χ1v) is 10.1. The number of carbonyl (C=O) groups excluding carboxylic acids is 2. The Morgan fingerprint density at radius 3 is 2.83 bits per heavy atom. The molecule has 0 fully saturated rings. The highest BCUT2D eigenvalue weighted by molar-refractivity contribution is 6.30. The van der Waals surface area contributed by atoms with Gasteiger partial charge in [0, 0.05) is 29.0 Å². The SMILES string of the molecule is O=C(CCC(=O)N1CCC(c2ccccc2)=N1)OCc1cc(Cl)cc2c1OCOC2. The topological polar surface area (TPSA) is 77.4 Å². The van der Waals surface area contributed by atoms with Gasteiger partial charge in [0.1, 0.15) is 12.4 Å². The lowest BCUT2D eigenvalue weighted by molar-refractivity contribution is -0.147. The van der Waals surface area contributed by atoms with Crippen molar-refractivity contribution in [2.75, 3.05) is 13.3 Å². The molecule has 0 radical (unpaired) electrons. The first kappa shape index (κ1) is 20.4. The van der Waals surface area contributed by atoms with Crippen LogP contribution in [0.1, 0.15) is 36.0 Å². The molecule has 1 amide bonds. The predicted molar refractivity (Wildman–Crippen MR) is 110 cm³/mol. The number of benzene rings is 2. The van der Waals surface area contributed by atoms with Gasteiger partial charge in [-0.25, -0.2) is 5.01 Å². The summed E-state index contributed by atoms with van der Waals surface area (Å²) in [5.74, 6) is -0.0246. The van der Waals surface area contributed by atoms with Crippen LogP contribution in [-0.2, 0) is 32.3 Å². The van der Waals surface area contributed by atoms with Crippen molar-refractivity contribution in [1.82, 2.24) is 5.01 Å². The molecular formula is C22H21ClN2O5. The lowest BCUT2D eigenvalue weighted by Crippen LogP contribution is -2.24. The van der Waals surface area contributed by atoms with Gasteiger partial charge in [-0.3, -0.25) is 9.59 Å². The van der Waals surface area contributed by atoms with E-state index in [1.165, 1.54) is 5.01 Å². The molecule has 7 nitrogen and oxygen atoms in total. The van der Waals surface area contributed by atoms with Crippen LogP contribution >= 0.6 is 11.6 Å². The number of amides is 1. The quantitative estimate of drug-likeness (QED) is 0.656. The monoisotopic (exact) mass is 428 g/mol. The van der Waals surface area contributed by atoms with Gasteiger partial charge in [-0.15, -0.1) is 0 Å². The third-order valence-corrected chi connectivity index (χ3v) is 5.10. The Morgan fingerprint density at radius 2 is 2.00 bits per heavy atom. The van der Waals surface area contributed by atoms with Crippen LogP contribution in [0.3, 0.4) is 0 Å². The molecule has 2 aromatic rings. The van der Waals surface area contributed by atoms with Gasteiger partial charge in [0.2, 0.25) is 5.91 Å². The van der Waals surface area contributed by atoms with E-state index in [2.05, 4.69) is 5.10 Å². The summed E-state index contributed by atoms with van der Waals surface area (Å²) in [7, 11) is 0. The summed E-state index contributed by atoms with van der Waals surface area (Å²) in [6.07, 6.45) is 0.727. The summed E-state index contributed by atoms with van der Waals surface area (Å²) in [6.45, 7) is 1.08. The van der Waals surface area contributed by atoms with E-state index in [1.54, 1.807) is 12.1 Å². The maximum Gasteiger partial charge on any atom is 0.306 e. The zero-order chi connectivity index (χ0) is 20.9. The predicted octanol–water partition coefficient (Wildman–Crippen LogP) is 3.67. The average molecular weight is 429 g/mol.